The second-order valence-electron chi connectivity index (χ2n) is 3.95. The van der Waals surface area contributed by atoms with Crippen molar-refractivity contribution >= 4 is 27.3 Å². The van der Waals surface area contributed by atoms with E-state index >= 15 is 0 Å². The number of sulfone groups is 1. The highest BCUT2D eigenvalue weighted by Gasteiger charge is 2.23. The largest absolute Gasteiger partial charge is 0.392 e. The Bertz CT molecular complexity index is 504. The van der Waals surface area contributed by atoms with Crippen LogP contribution in [0.3, 0.4) is 0 Å². The number of aliphatic hydroxyl groups is 1. The van der Waals surface area contributed by atoms with Crippen LogP contribution in [0.2, 0.25) is 5.02 Å². The monoisotopic (exact) mass is 276 g/mol. The molecule has 7 heteroatoms. The van der Waals surface area contributed by atoms with Gasteiger partial charge in [0.05, 0.1) is 23.1 Å². The number of hydrogen-bond donors (Lipinski definition) is 1. The summed E-state index contributed by atoms with van der Waals surface area (Å²) in [7, 11) is -2.90. The van der Waals surface area contributed by atoms with Gasteiger partial charge in [0.1, 0.15) is 5.82 Å². The second-order valence-corrected chi connectivity index (χ2v) is 6.66. The van der Waals surface area contributed by atoms with Crippen LogP contribution < -0.4 is 4.90 Å². The highest BCUT2D eigenvalue weighted by Crippen LogP contribution is 2.25. The van der Waals surface area contributed by atoms with Crippen molar-refractivity contribution in [3.63, 3.8) is 0 Å². The minimum Gasteiger partial charge on any atom is -0.392 e. The maximum atomic E-state index is 11.3. The normalized spacial score (nSPS) is 19.3. The van der Waals surface area contributed by atoms with Crippen molar-refractivity contribution in [2.75, 3.05) is 29.5 Å². The maximum Gasteiger partial charge on any atom is 0.153 e. The highest BCUT2D eigenvalue weighted by atomic mass is 35.5. The maximum absolute atomic E-state index is 11.3. The summed E-state index contributed by atoms with van der Waals surface area (Å²) >= 11 is 6.05. The van der Waals surface area contributed by atoms with E-state index in [-0.39, 0.29) is 18.1 Å². The molecule has 0 aromatic carbocycles. The lowest BCUT2D eigenvalue weighted by Crippen LogP contribution is -2.40. The Balaban J connectivity index is 2.19. The summed E-state index contributed by atoms with van der Waals surface area (Å²) < 4.78 is 22.6. The van der Waals surface area contributed by atoms with Crippen LogP contribution in [0.5, 0.6) is 0 Å². The lowest BCUT2D eigenvalue weighted by atomic mass is 10.3. The summed E-state index contributed by atoms with van der Waals surface area (Å²) in [5, 5.41) is 9.38. The molecule has 1 aliphatic rings. The molecule has 1 aromatic heterocycles. The first kappa shape index (κ1) is 12.6. The summed E-state index contributed by atoms with van der Waals surface area (Å²) in [6.45, 7) is 0.711. The minimum absolute atomic E-state index is 0.110. The second kappa shape index (κ2) is 4.80. The van der Waals surface area contributed by atoms with Gasteiger partial charge in [0, 0.05) is 19.3 Å². The standard InChI is InChI=1S/C10H13ClN2O3S/c11-9-5-8(7-14)6-12-10(9)13-1-3-17(15,16)4-2-13/h5-6,14H,1-4,7H2. The van der Waals surface area contributed by atoms with Gasteiger partial charge in [-0.1, -0.05) is 11.6 Å². The molecule has 1 saturated heterocycles. The van der Waals surface area contributed by atoms with Crippen LogP contribution in [-0.4, -0.2) is 43.1 Å². The SMILES string of the molecule is O=S1(=O)CCN(c2ncc(CO)cc2Cl)CC1. The molecule has 5 nitrogen and oxygen atoms in total. The van der Waals surface area contributed by atoms with E-state index in [1.54, 1.807) is 12.3 Å². The van der Waals surface area contributed by atoms with Crippen molar-refractivity contribution in [2.24, 2.45) is 0 Å². The van der Waals surface area contributed by atoms with Gasteiger partial charge in [-0.25, -0.2) is 13.4 Å². The highest BCUT2D eigenvalue weighted by molar-refractivity contribution is 7.91. The fourth-order valence-electron chi connectivity index (χ4n) is 1.71. The first-order valence-corrected chi connectivity index (χ1v) is 7.42. The molecule has 0 aliphatic carbocycles. The molecule has 17 heavy (non-hydrogen) atoms. The summed E-state index contributed by atoms with van der Waals surface area (Å²) in [5.74, 6) is 0.846. The number of hydrogen-bond acceptors (Lipinski definition) is 5. The number of rotatable bonds is 2. The molecular formula is C10H13ClN2O3S. The molecule has 2 heterocycles. The fraction of sp³-hybridized carbons (Fsp3) is 0.500. The summed E-state index contributed by atoms with van der Waals surface area (Å²) in [6, 6.07) is 1.65. The van der Waals surface area contributed by atoms with Gasteiger partial charge in [0.25, 0.3) is 0 Å². The van der Waals surface area contributed by atoms with Crippen LogP contribution in [0.1, 0.15) is 5.56 Å². The zero-order chi connectivity index (χ0) is 12.5. The van der Waals surface area contributed by atoms with Gasteiger partial charge in [-0.2, -0.15) is 0 Å². The predicted octanol–water partition coefficient (Wildman–Crippen LogP) is 0.462. The lowest BCUT2D eigenvalue weighted by Gasteiger charge is -2.28. The molecule has 0 amide bonds. The van der Waals surface area contributed by atoms with Gasteiger partial charge in [-0.05, 0) is 11.6 Å². The first-order valence-electron chi connectivity index (χ1n) is 5.22. The quantitative estimate of drug-likeness (QED) is 0.850. The molecule has 0 bridgehead atoms. The number of aliphatic hydroxyl groups excluding tert-OH is 1. The Morgan fingerprint density at radius 2 is 2.06 bits per heavy atom. The number of aromatic nitrogens is 1. The third-order valence-corrected chi connectivity index (χ3v) is 4.59. The average Bonchev–Trinajstić information content (AvgIpc) is 2.29. The van der Waals surface area contributed by atoms with Gasteiger partial charge in [-0.3, -0.25) is 0 Å². The van der Waals surface area contributed by atoms with Crippen molar-refractivity contribution in [2.45, 2.75) is 6.61 Å². The molecular weight excluding hydrogens is 264 g/mol. The number of halogens is 1. The van der Waals surface area contributed by atoms with Crippen LogP contribution in [0.25, 0.3) is 0 Å². The van der Waals surface area contributed by atoms with E-state index in [1.165, 1.54) is 0 Å². The topological polar surface area (TPSA) is 70.5 Å². The number of nitrogens with zero attached hydrogens (tertiary/aromatic N) is 2. The van der Waals surface area contributed by atoms with Gasteiger partial charge < -0.3 is 10.0 Å². The third-order valence-electron chi connectivity index (χ3n) is 2.70. The summed E-state index contributed by atoms with van der Waals surface area (Å²) in [4.78, 5) is 6.01. The van der Waals surface area contributed by atoms with Crippen LogP contribution in [0.4, 0.5) is 5.82 Å². The van der Waals surface area contributed by atoms with E-state index in [2.05, 4.69) is 4.98 Å². The fourth-order valence-corrected chi connectivity index (χ4v) is 3.22. The Morgan fingerprint density at radius 1 is 1.41 bits per heavy atom. The van der Waals surface area contributed by atoms with Crippen molar-refractivity contribution in [1.82, 2.24) is 4.98 Å². The molecule has 0 radical (unpaired) electrons. The molecule has 0 atom stereocenters. The van der Waals surface area contributed by atoms with Crippen molar-refractivity contribution in [3.8, 4) is 0 Å². The van der Waals surface area contributed by atoms with E-state index < -0.39 is 9.84 Å². The van der Waals surface area contributed by atoms with E-state index in [4.69, 9.17) is 16.7 Å². The van der Waals surface area contributed by atoms with E-state index in [1.807, 2.05) is 4.90 Å². The van der Waals surface area contributed by atoms with Crippen molar-refractivity contribution < 1.29 is 13.5 Å². The van der Waals surface area contributed by atoms with Crippen LogP contribution in [0.15, 0.2) is 12.3 Å². The molecule has 0 spiro atoms. The molecule has 0 saturated carbocycles. The van der Waals surface area contributed by atoms with Gasteiger partial charge in [0.2, 0.25) is 0 Å². The summed E-state index contributed by atoms with van der Waals surface area (Å²) in [5.41, 5.74) is 0.642. The first-order chi connectivity index (χ1) is 8.02. The molecule has 94 valence electrons. The Labute approximate surface area is 105 Å². The Morgan fingerprint density at radius 3 is 2.59 bits per heavy atom. The molecule has 1 fully saturated rings. The van der Waals surface area contributed by atoms with Crippen molar-refractivity contribution in [1.29, 1.82) is 0 Å². The molecule has 1 aliphatic heterocycles. The zero-order valence-electron chi connectivity index (χ0n) is 9.13. The zero-order valence-corrected chi connectivity index (χ0v) is 10.7. The Kier molecular flexibility index (Phi) is 3.56. The summed E-state index contributed by atoms with van der Waals surface area (Å²) in [6.07, 6.45) is 1.55. The number of anilines is 1. The van der Waals surface area contributed by atoms with E-state index in [9.17, 15) is 8.42 Å². The van der Waals surface area contributed by atoms with Gasteiger partial charge in [-0.15, -0.1) is 0 Å². The van der Waals surface area contributed by atoms with Crippen LogP contribution in [0, 0.1) is 0 Å². The molecule has 1 N–H and O–H groups in total. The Hall–Kier alpha value is -0.850. The minimum atomic E-state index is -2.90. The average molecular weight is 277 g/mol. The van der Waals surface area contributed by atoms with Crippen LogP contribution >= 0.6 is 11.6 Å². The van der Waals surface area contributed by atoms with Gasteiger partial charge in [0.15, 0.2) is 9.84 Å². The van der Waals surface area contributed by atoms with Gasteiger partial charge >= 0.3 is 0 Å². The molecule has 0 unspecified atom stereocenters. The molecule has 1 aromatic rings. The van der Waals surface area contributed by atoms with E-state index in [0.717, 1.165) is 0 Å². The molecule has 2 rings (SSSR count). The third kappa shape index (κ3) is 2.88. The smallest absolute Gasteiger partial charge is 0.153 e. The predicted molar refractivity (Wildman–Crippen MR) is 66.0 cm³/mol. The van der Waals surface area contributed by atoms with Crippen LogP contribution in [-0.2, 0) is 16.4 Å². The number of pyridine rings is 1. The lowest BCUT2D eigenvalue weighted by molar-refractivity contribution is 0.281. The van der Waals surface area contributed by atoms with Crippen molar-refractivity contribution in [3.05, 3.63) is 22.8 Å². The van der Waals surface area contributed by atoms with E-state index in [0.29, 0.717) is 29.5 Å².